The number of rotatable bonds is 5. The summed E-state index contributed by atoms with van der Waals surface area (Å²) in [5.74, 6) is 0.121. The van der Waals surface area contributed by atoms with Crippen LogP contribution in [-0.2, 0) is 4.79 Å². The van der Waals surface area contributed by atoms with Crippen molar-refractivity contribution in [2.45, 2.75) is 20.3 Å². The summed E-state index contributed by atoms with van der Waals surface area (Å²) in [6.45, 7) is 4.74. The third-order valence-corrected chi connectivity index (χ3v) is 2.72. The number of nitrogens with one attached hydrogen (secondary N) is 2. The van der Waals surface area contributed by atoms with Crippen molar-refractivity contribution in [1.82, 2.24) is 5.32 Å². The first kappa shape index (κ1) is 12.7. The van der Waals surface area contributed by atoms with Gasteiger partial charge in [0.15, 0.2) is 0 Å². The van der Waals surface area contributed by atoms with E-state index in [0.29, 0.717) is 6.54 Å². The molecule has 0 aromatic heterocycles. The fraction of sp³-hybridized carbons (Fsp3) is 0.462. The Balaban J connectivity index is 2.66. The zero-order valence-electron chi connectivity index (χ0n) is 10.2. The van der Waals surface area contributed by atoms with Gasteiger partial charge >= 0.3 is 0 Å². The van der Waals surface area contributed by atoms with Crippen molar-refractivity contribution in [3.05, 3.63) is 29.8 Å². The van der Waals surface area contributed by atoms with E-state index in [0.717, 1.165) is 17.7 Å². The number of hydrogen-bond acceptors (Lipinski definition) is 2. The first-order valence-corrected chi connectivity index (χ1v) is 5.70. The molecule has 0 saturated heterocycles. The molecule has 0 radical (unpaired) electrons. The lowest BCUT2D eigenvalue weighted by atomic mass is 10.1. The SMILES string of the molecule is CCC(CNC)C(=O)Nc1ccccc1C. The summed E-state index contributed by atoms with van der Waals surface area (Å²) in [5.41, 5.74) is 2.00. The Bertz CT molecular complexity index is 350. The van der Waals surface area contributed by atoms with Gasteiger partial charge in [-0.05, 0) is 32.0 Å². The molecule has 1 atom stereocenters. The third kappa shape index (κ3) is 3.35. The maximum Gasteiger partial charge on any atom is 0.228 e. The van der Waals surface area contributed by atoms with Crippen LogP contribution in [0.3, 0.4) is 0 Å². The second kappa shape index (κ2) is 6.28. The van der Waals surface area contributed by atoms with E-state index < -0.39 is 0 Å². The molecule has 2 N–H and O–H groups in total. The molecule has 0 aliphatic heterocycles. The Morgan fingerprint density at radius 2 is 2.06 bits per heavy atom. The summed E-state index contributed by atoms with van der Waals surface area (Å²) in [7, 11) is 1.86. The summed E-state index contributed by atoms with van der Waals surface area (Å²) >= 11 is 0. The van der Waals surface area contributed by atoms with Crippen molar-refractivity contribution in [2.75, 3.05) is 18.9 Å². The van der Waals surface area contributed by atoms with Gasteiger partial charge in [0.1, 0.15) is 0 Å². The molecule has 0 aliphatic carbocycles. The molecule has 1 amide bonds. The molecule has 0 spiro atoms. The van der Waals surface area contributed by atoms with E-state index in [1.165, 1.54) is 0 Å². The fourth-order valence-electron chi connectivity index (χ4n) is 1.62. The molecule has 1 rings (SSSR count). The van der Waals surface area contributed by atoms with E-state index in [1.54, 1.807) is 0 Å². The number of para-hydroxylation sites is 1. The third-order valence-electron chi connectivity index (χ3n) is 2.72. The lowest BCUT2D eigenvalue weighted by Crippen LogP contribution is -2.30. The summed E-state index contributed by atoms with van der Waals surface area (Å²) in [4.78, 5) is 11.9. The van der Waals surface area contributed by atoms with Crippen LogP contribution in [0.2, 0.25) is 0 Å². The first-order valence-electron chi connectivity index (χ1n) is 5.70. The molecular formula is C13H20N2O. The minimum Gasteiger partial charge on any atom is -0.326 e. The van der Waals surface area contributed by atoms with Gasteiger partial charge in [0.25, 0.3) is 0 Å². The average molecular weight is 220 g/mol. The van der Waals surface area contributed by atoms with E-state index in [1.807, 2.05) is 45.2 Å². The van der Waals surface area contributed by atoms with E-state index in [2.05, 4.69) is 10.6 Å². The monoisotopic (exact) mass is 220 g/mol. The van der Waals surface area contributed by atoms with Gasteiger partial charge in [-0.3, -0.25) is 4.79 Å². The fourth-order valence-corrected chi connectivity index (χ4v) is 1.62. The van der Waals surface area contributed by atoms with Crippen LogP contribution in [0.4, 0.5) is 5.69 Å². The Morgan fingerprint density at radius 1 is 1.38 bits per heavy atom. The minimum atomic E-state index is 0.0320. The van der Waals surface area contributed by atoms with Crippen LogP contribution in [0, 0.1) is 12.8 Å². The van der Waals surface area contributed by atoms with Gasteiger partial charge in [0.05, 0.1) is 5.92 Å². The molecule has 88 valence electrons. The standard InChI is InChI=1S/C13H20N2O/c1-4-11(9-14-3)13(16)15-12-8-6-5-7-10(12)2/h5-8,11,14H,4,9H2,1-3H3,(H,15,16). The molecular weight excluding hydrogens is 200 g/mol. The number of amides is 1. The van der Waals surface area contributed by atoms with Crippen LogP contribution >= 0.6 is 0 Å². The summed E-state index contributed by atoms with van der Waals surface area (Å²) in [6.07, 6.45) is 0.846. The minimum absolute atomic E-state index is 0.0320. The largest absolute Gasteiger partial charge is 0.326 e. The lowest BCUT2D eigenvalue weighted by molar-refractivity contribution is -0.119. The molecule has 0 heterocycles. The zero-order chi connectivity index (χ0) is 12.0. The Morgan fingerprint density at radius 3 is 2.62 bits per heavy atom. The van der Waals surface area contributed by atoms with Crippen LogP contribution in [0.25, 0.3) is 0 Å². The molecule has 1 aromatic rings. The van der Waals surface area contributed by atoms with Crippen LogP contribution in [0.1, 0.15) is 18.9 Å². The van der Waals surface area contributed by atoms with Crippen molar-refractivity contribution in [3.8, 4) is 0 Å². The van der Waals surface area contributed by atoms with E-state index >= 15 is 0 Å². The molecule has 0 saturated carbocycles. The normalized spacial score (nSPS) is 12.2. The predicted octanol–water partition coefficient (Wildman–Crippen LogP) is 2.18. The number of hydrogen-bond donors (Lipinski definition) is 2. The number of benzene rings is 1. The summed E-state index contributed by atoms with van der Waals surface area (Å²) < 4.78 is 0. The van der Waals surface area contributed by atoms with Crippen LogP contribution in [-0.4, -0.2) is 19.5 Å². The Hall–Kier alpha value is -1.35. The molecule has 0 aliphatic rings. The first-order chi connectivity index (χ1) is 7.69. The van der Waals surface area contributed by atoms with Gasteiger partial charge in [-0.15, -0.1) is 0 Å². The maximum absolute atomic E-state index is 11.9. The average Bonchev–Trinajstić information content (AvgIpc) is 2.29. The quantitative estimate of drug-likeness (QED) is 0.798. The highest BCUT2D eigenvalue weighted by Gasteiger charge is 2.15. The van der Waals surface area contributed by atoms with E-state index in [4.69, 9.17) is 0 Å². The van der Waals surface area contributed by atoms with Crippen molar-refractivity contribution >= 4 is 11.6 Å². The molecule has 0 fully saturated rings. The van der Waals surface area contributed by atoms with Gasteiger partial charge in [-0.25, -0.2) is 0 Å². The lowest BCUT2D eigenvalue weighted by Gasteiger charge is -2.15. The van der Waals surface area contributed by atoms with Crippen molar-refractivity contribution in [2.24, 2.45) is 5.92 Å². The van der Waals surface area contributed by atoms with Crippen molar-refractivity contribution in [1.29, 1.82) is 0 Å². The second-order valence-electron chi connectivity index (χ2n) is 3.97. The number of anilines is 1. The topological polar surface area (TPSA) is 41.1 Å². The summed E-state index contributed by atoms with van der Waals surface area (Å²) in [6, 6.07) is 7.82. The second-order valence-corrected chi connectivity index (χ2v) is 3.97. The van der Waals surface area contributed by atoms with Crippen LogP contribution < -0.4 is 10.6 Å². The highest BCUT2D eigenvalue weighted by atomic mass is 16.1. The highest BCUT2D eigenvalue weighted by molar-refractivity contribution is 5.93. The number of carbonyl (C=O) groups is 1. The Kier molecular flexibility index (Phi) is 4.99. The highest BCUT2D eigenvalue weighted by Crippen LogP contribution is 2.15. The van der Waals surface area contributed by atoms with Gasteiger partial charge in [-0.1, -0.05) is 25.1 Å². The predicted molar refractivity (Wildman–Crippen MR) is 67.5 cm³/mol. The molecule has 3 heteroatoms. The summed E-state index contributed by atoms with van der Waals surface area (Å²) in [5, 5.41) is 6.01. The number of carbonyl (C=O) groups excluding carboxylic acids is 1. The number of aryl methyl sites for hydroxylation is 1. The van der Waals surface area contributed by atoms with Gasteiger partial charge in [0, 0.05) is 12.2 Å². The molecule has 0 bridgehead atoms. The van der Waals surface area contributed by atoms with Crippen LogP contribution in [0.5, 0.6) is 0 Å². The smallest absolute Gasteiger partial charge is 0.228 e. The van der Waals surface area contributed by atoms with Gasteiger partial charge in [0.2, 0.25) is 5.91 Å². The van der Waals surface area contributed by atoms with Crippen molar-refractivity contribution < 1.29 is 4.79 Å². The molecule has 16 heavy (non-hydrogen) atoms. The maximum atomic E-state index is 11.9. The van der Waals surface area contributed by atoms with Gasteiger partial charge < -0.3 is 10.6 Å². The molecule has 3 nitrogen and oxygen atoms in total. The van der Waals surface area contributed by atoms with Gasteiger partial charge in [-0.2, -0.15) is 0 Å². The molecule has 1 aromatic carbocycles. The van der Waals surface area contributed by atoms with Crippen LogP contribution in [0.15, 0.2) is 24.3 Å². The zero-order valence-corrected chi connectivity index (χ0v) is 10.2. The van der Waals surface area contributed by atoms with E-state index in [-0.39, 0.29) is 11.8 Å². The van der Waals surface area contributed by atoms with Crippen molar-refractivity contribution in [3.63, 3.8) is 0 Å². The molecule has 1 unspecified atom stereocenters. The van der Waals surface area contributed by atoms with E-state index in [9.17, 15) is 4.79 Å². The Labute approximate surface area is 97.2 Å².